The van der Waals surface area contributed by atoms with E-state index in [1.165, 1.54) is 5.56 Å². The predicted octanol–water partition coefficient (Wildman–Crippen LogP) is 4.29. The third kappa shape index (κ3) is 3.05. The van der Waals surface area contributed by atoms with Gasteiger partial charge in [0, 0.05) is 11.1 Å². The number of para-hydroxylation sites is 1. The van der Waals surface area contributed by atoms with Gasteiger partial charge in [-0.25, -0.2) is 0 Å². The fourth-order valence-electron chi connectivity index (χ4n) is 4.46. The summed E-state index contributed by atoms with van der Waals surface area (Å²) >= 11 is 0. The van der Waals surface area contributed by atoms with Gasteiger partial charge >= 0.3 is 0 Å². The number of ether oxygens (including phenoxy) is 2. The fourth-order valence-corrected chi connectivity index (χ4v) is 4.46. The summed E-state index contributed by atoms with van der Waals surface area (Å²) in [6.45, 7) is 10.9. The SMILES string of the molecule is C=C(C)COc1ccc(/C=C/[C@@]23NC(=O)CN2c2ccccc2C3(C)C)cc1OC. The summed E-state index contributed by atoms with van der Waals surface area (Å²) in [6, 6.07) is 14.1. The van der Waals surface area contributed by atoms with E-state index in [0.29, 0.717) is 24.7 Å². The average molecular weight is 405 g/mol. The fraction of sp³-hybridized carbons (Fsp3) is 0.320. The highest BCUT2D eigenvalue weighted by molar-refractivity contribution is 5.91. The standard InChI is InChI=1S/C25H28N2O3/c1-17(2)16-30-21-11-10-18(14-22(21)29-5)12-13-25-24(3,4)19-8-6-7-9-20(19)27(25)15-23(28)26-25/h6-14H,1,15-16H2,2-5H3,(H,26,28)/b13-12+/t25-/m1/s1. The molecule has 0 saturated carbocycles. The second-order valence-corrected chi connectivity index (χ2v) is 8.53. The van der Waals surface area contributed by atoms with Crippen LogP contribution >= 0.6 is 0 Å². The number of anilines is 1. The maximum absolute atomic E-state index is 12.4. The van der Waals surface area contributed by atoms with Gasteiger partial charge in [-0.3, -0.25) is 4.79 Å². The molecule has 0 aliphatic carbocycles. The first-order valence-corrected chi connectivity index (χ1v) is 10.1. The molecule has 1 atom stereocenters. The number of carbonyl (C=O) groups excluding carboxylic acids is 1. The van der Waals surface area contributed by atoms with Crippen molar-refractivity contribution in [3.05, 3.63) is 71.8 Å². The number of benzene rings is 2. The third-order valence-corrected chi connectivity index (χ3v) is 6.06. The van der Waals surface area contributed by atoms with E-state index in [-0.39, 0.29) is 11.3 Å². The molecule has 2 aromatic carbocycles. The van der Waals surface area contributed by atoms with Gasteiger partial charge in [-0.05, 0) is 47.9 Å². The van der Waals surface area contributed by atoms with Crippen LogP contribution in [0.3, 0.4) is 0 Å². The lowest BCUT2D eigenvalue weighted by Crippen LogP contribution is -2.58. The van der Waals surface area contributed by atoms with E-state index in [4.69, 9.17) is 9.47 Å². The molecule has 2 aliphatic rings. The Balaban J connectivity index is 1.69. The zero-order valence-corrected chi connectivity index (χ0v) is 18.0. The highest BCUT2D eigenvalue weighted by Crippen LogP contribution is 2.52. The molecular formula is C25H28N2O3. The molecule has 0 unspecified atom stereocenters. The Hall–Kier alpha value is -3.21. The number of methoxy groups -OCH3 is 1. The van der Waals surface area contributed by atoms with Crippen molar-refractivity contribution in [2.24, 2.45) is 0 Å². The quantitative estimate of drug-likeness (QED) is 0.730. The molecular weight excluding hydrogens is 376 g/mol. The lowest BCUT2D eigenvalue weighted by Gasteiger charge is -2.40. The smallest absolute Gasteiger partial charge is 0.241 e. The van der Waals surface area contributed by atoms with Crippen molar-refractivity contribution in [3.8, 4) is 11.5 Å². The van der Waals surface area contributed by atoms with E-state index in [1.54, 1.807) is 7.11 Å². The molecule has 4 rings (SSSR count). The van der Waals surface area contributed by atoms with Gasteiger partial charge in [-0.15, -0.1) is 0 Å². The minimum Gasteiger partial charge on any atom is -0.493 e. The molecule has 0 spiro atoms. The van der Waals surface area contributed by atoms with Crippen molar-refractivity contribution in [2.75, 3.05) is 25.2 Å². The molecule has 2 aliphatic heterocycles. The van der Waals surface area contributed by atoms with Gasteiger partial charge in [-0.1, -0.05) is 50.8 Å². The van der Waals surface area contributed by atoms with Crippen molar-refractivity contribution >= 4 is 17.7 Å². The van der Waals surface area contributed by atoms with Crippen molar-refractivity contribution in [1.82, 2.24) is 5.32 Å². The van der Waals surface area contributed by atoms with Gasteiger partial charge < -0.3 is 19.7 Å². The minimum absolute atomic E-state index is 0.0309. The van der Waals surface area contributed by atoms with E-state index in [0.717, 1.165) is 16.8 Å². The molecule has 30 heavy (non-hydrogen) atoms. The molecule has 0 bridgehead atoms. The summed E-state index contributed by atoms with van der Waals surface area (Å²) in [5, 5.41) is 3.24. The largest absolute Gasteiger partial charge is 0.493 e. The van der Waals surface area contributed by atoms with Crippen LogP contribution in [0.2, 0.25) is 0 Å². The molecule has 0 aromatic heterocycles. The lowest BCUT2D eigenvalue weighted by molar-refractivity contribution is -0.118. The first kappa shape index (κ1) is 20.1. The Morgan fingerprint density at radius 2 is 2.00 bits per heavy atom. The Morgan fingerprint density at radius 3 is 2.73 bits per heavy atom. The molecule has 156 valence electrons. The molecule has 5 nitrogen and oxygen atoms in total. The summed E-state index contributed by atoms with van der Waals surface area (Å²) < 4.78 is 11.3. The van der Waals surface area contributed by atoms with E-state index >= 15 is 0 Å². The summed E-state index contributed by atoms with van der Waals surface area (Å²) in [5.41, 5.74) is 3.34. The van der Waals surface area contributed by atoms with Crippen molar-refractivity contribution in [2.45, 2.75) is 31.8 Å². The lowest BCUT2D eigenvalue weighted by atomic mass is 9.75. The van der Waals surface area contributed by atoms with Crippen LogP contribution in [0.4, 0.5) is 5.69 Å². The molecule has 1 fully saturated rings. The van der Waals surface area contributed by atoms with Crippen LogP contribution in [0.25, 0.3) is 6.08 Å². The number of hydrogen-bond acceptors (Lipinski definition) is 4. The first-order chi connectivity index (χ1) is 14.3. The topological polar surface area (TPSA) is 50.8 Å². The second-order valence-electron chi connectivity index (χ2n) is 8.53. The van der Waals surface area contributed by atoms with Gasteiger partial charge in [0.25, 0.3) is 0 Å². The first-order valence-electron chi connectivity index (χ1n) is 10.1. The molecule has 1 saturated heterocycles. The zero-order valence-electron chi connectivity index (χ0n) is 18.0. The number of fused-ring (bicyclic) bond motifs is 3. The van der Waals surface area contributed by atoms with Gasteiger partial charge in [-0.2, -0.15) is 0 Å². The Kier molecular flexibility index (Phi) is 4.85. The van der Waals surface area contributed by atoms with Crippen LogP contribution in [0.15, 0.2) is 60.7 Å². The van der Waals surface area contributed by atoms with Crippen molar-refractivity contribution in [3.63, 3.8) is 0 Å². The van der Waals surface area contributed by atoms with Crippen LogP contribution in [-0.4, -0.2) is 31.8 Å². The van der Waals surface area contributed by atoms with Crippen LogP contribution in [0, 0.1) is 0 Å². The zero-order chi connectivity index (χ0) is 21.5. The van der Waals surface area contributed by atoms with E-state index in [2.05, 4.69) is 54.9 Å². The Labute approximate surface area is 178 Å². The number of rotatable bonds is 6. The second kappa shape index (κ2) is 7.24. The summed E-state index contributed by atoms with van der Waals surface area (Å²) in [5.74, 6) is 1.38. The normalized spacial score (nSPS) is 21.3. The molecule has 0 radical (unpaired) electrons. The maximum Gasteiger partial charge on any atom is 0.241 e. The summed E-state index contributed by atoms with van der Waals surface area (Å²) in [4.78, 5) is 14.6. The number of amides is 1. The molecule has 5 heteroatoms. The molecule has 1 amide bonds. The number of hydrogen-bond donors (Lipinski definition) is 1. The predicted molar refractivity (Wildman–Crippen MR) is 120 cm³/mol. The van der Waals surface area contributed by atoms with Crippen LogP contribution in [0.5, 0.6) is 11.5 Å². The highest BCUT2D eigenvalue weighted by atomic mass is 16.5. The summed E-state index contributed by atoms with van der Waals surface area (Å²) in [6.07, 6.45) is 4.14. The van der Waals surface area contributed by atoms with Gasteiger partial charge in [0.1, 0.15) is 12.3 Å². The van der Waals surface area contributed by atoms with Crippen LogP contribution < -0.4 is 19.7 Å². The van der Waals surface area contributed by atoms with Crippen molar-refractivity contribution < 1.29 is 14.3 Å². The molecule has 2 aromatic rings. The number of nitrogens with zero attached hydrogens (tertiary/aromatic N) is 1. The monoisotopic (exact) mass is 404 g/mol. The Morgan fingerprint density at radius 1 is 1.23 bits per heavy atom. The van der Waals surface area contributed by atoms with E-state index < -0.39 is 5.66 Å². The number of nitrogens with one attached hydrogen (secondary N) is 1. The Bertz CT molecular complexity index is 1040. The maximum atomic E-state index is 12.4. The third-order valence-electron chi connectivity index (χ3n) is 6.06. The summed E-state index contributed by atoms with van der Waals surface area (Å²) in [7, 11) is 1.63. The van der Waals surface area contributed by atoms with Gasteiger partial charge in [0.15, 0.2) is 11.5 Å². The van der Waals surface area contributed by atoms with Crippen LogP contribution in [0.1, 0.15) is 31.9 Å². The average Bonchev–Trinajstić information content (AvgIpc) is 3.15. The minimum atomic E-state index is -0.615. The van der Waals surface area contributed by atoms with Crippen molar-refractivity contribution in [1.29, 1.82) is 0 Å². The molecule has 1 N–H and O–H groups in total. The number of carbonyl (C=O) groups is 1. The van der Waals surface area contributed by atoms with Gasteiger partial charge in [0.2, 0.25) is 5.91 Å². The van der Waals surface area contributed by atoms with E-state index in [9.17, 15) is 4.79 Å². The molecule has 2 heterocycles. The van der Waals surface area contributed by atoms with Crippen LogP contribution in [-0.2, 0) is 10.2 Å². The van der Waals surface area contributed by atoms with E-state index in [1.807, 2.05) is 37.3 Å². The van der Waals surface area contributed by atoms with Gasteiger partial charge in [0.05, 0.1) is 13.7 Å². The highest BCUT2D eigenvalue weighted by Gasteiger charge is 2.59.